The van der Waals surface area contributed by atoms with Crippen molar-refractivity contribution in [2.75, 3.05) is 7.11 Å². The third-order valence-corrected chi connectivity index (χ3v) is 5.02. The van der Waals surface area contributed by atoms with Crippen molar-refractivity contribution in [3.05, 3.63) is 59.7 Å². The Hall–Kier alpha value is -2.00. The number of esters is 1. The second-order valence-corrected chi connectivity index (χ2v) is 6.49. The van der Waals surface area contributed by atoms with Crippen molar-refractivity contribution in [3.63, 3.8) is 0 Å². The number of methoxy groups -OCH3 is 1. The summed E-state index contributed by atoms with van der Waals surface area (Å²) in [6.45, 7) is 1.42. The molecular formula is C21H25ClO3. The smallest absolute Gasteiger partial charge is 0.308 e. The number of carbonyl (C=O) groups is 1. The van der Waals surface area contributed by atoms with Crippen molar-refractivity contribution in [3.8, 4) is 11.5 Å². The summed E-state index contributed by atoms with van der Waals surface area (Å²) in [5.41, 5.74) is 2.67. The van der Waals surface area contributed by atoms with Crippen LogP contribution in [0.3, 0.4) is 0 Å². The molecule has 0 saturated heterocycles. The molecule has 0 aliphatic heterocycles. The summed E-state index contributed by atoms with van der Waals surface area (Å²) in [4.78, 5) is 11.1. The van der Waals surface area contributed by atoms with Gasteiger partial charge >= 0.3 is 5.97 Å². The third kappa shape index (κ3) is 4.16. The number of carbonyl (C=O) groups excluding carboxylic acids is 1. The van der Waals surface area contributed by atoms with Gasteiger partial charge in [-0.05, 0) is 48.2 Å². The fraction of sp³-hybridized carbons (Fsp3) is 0.381. The predicted octanol–water partition coefficient (Wildman–Crippen LogP) is 5.29. The molecule has 3 rings (SSSR count). The van der Waals surface area contributed by atoms with E-state index in [9.17, 15) is 4.79 Å². The molecule has 0 bridgehead atoms. The van der Waals surface area contributed by atoms with Crippen LogP contribution in [0.25, 0.3) is 0 Å². The van der Waals surface area contributed by atoms with E-state index in [1.165, 1.54) is 37.3 Å². The molecule has 0 atom stereocenters. The minimum atomic E-state index is -0.287. The van der Waals surface area contributed by atoms with E-state index < -0.39 is 0 Å². The van der Waals surface area contributed by atoms with Gasteiger partial charge in [0.15, 0.2) is 0 Å². The van der Waals surface area contributed by atoms with Gasteiger partial charge in [0, 0.05) is 12.3 Å². The van der Waals surface area contributed by atoms with E-state index in [1.54, 1.807) is 7.11 Å². The zero-order valence-electron chi connectivity index (χ0n) is 14.8. The molecular weight excluding hydrogens is 336 g/mol. The zero-order valence-corrected chi connectivity index (χ0v) is 15.6. The van der Waals surface area contributed by atoms with Crippen LogP contribution in [-0.2, 0) is 10.2 Å². The van der Waals surface area contributed by atoms with Crippen molar-refractivity contribution >= 4 is 18.4 Å². The Morgan fingerprint density at radius 3 is 1.76 bits per heavy atom. The van der Waals surface area contributed by atoms with Crippen LogP contribution in [0, 0.1) is 0 Å². The topological polar surface area (TPSA) is 35.5 Å². The Morgan fingerprint density at radius 1 is 0.840 bits per heavy atom. The maximum atomic E-state index is 11.1. The summed E-state index contributed by atoms with van der Waals surface area (Å²) in [5, 5.41) is 0. The van der Waals surface area contributed by atoms with Gasteiger partial charge in [-0.15, -0.1) is 12.4 Å². The average Bonchev–Trinajstić information content (AvgIpc) is 2.62. The average molecular weight is 361 g/mol. The van der Waals surface area contributed by atoms with Crippen LogP contribution < -0.4 is 9.47 Å². The molecule has 1 aliphatic rings. The highest BCUT2D eigenvalue weighted by Gasteiger charge is 2.35. The SMILES string of the molecule is COc1ccc(C2(c3ccc(OC(C)=O)cc3)CCCCC2)cc1.Cl. The first-order chi connectivity index (χ1) is 11.6. The maximum Gasteiger partial charge on any atom is 0.308 e. The van der Waals surface area contributed by atoms with Gasteiger partial charge in [-0.2, -0.15) is 0 Å². The molecule has 0 spiro atoms. The Bertz CT molecular complexity index is 686. The third-order valence-electron chi connectivity index (χ3n) is 5.02. The van der Waals surface area contributed by atoms with E-state index in [4.69, 9.17) is 9.47 Å². The van der Waals surface area contributed by atoms with Gasteiger partial charge in [-0.3, -0.25) is 4.79 Å². The molecule has 134 valence electrons. The molecule has 0 aromatic heterocycles. The summed E-state index contributed by atoms with van der Waals surface area (Å²) >= 11 is 0. The molecule has 4 heteroatoms. The fourth-order valence-corrected chi connectivity index (χ4v) is 3.82. The molecule has 2 aromatic rings. The minimum absolute atomic E-state index is 0. The second kappa shape index (κ2) is 8.39. The van der Waals surface area contributed by atoms with E-state index in [-0.39, 0.29) is 23.8 Å². The first-order valence-electron chi connectivity index (χ1n) is 8.57. The van der Waals surface area contributed by atoms with Crippen LogP contribution in [0.2, 0.25) is 0 Å². The lowest BCUT2D eigenvalue weighted by Gasteiger charge is -2.38. The minimum Gasteiger partial charge on any atom is -0.497 e. The van der Waals surface area contributed by atoms with Crippen LogP contribution in [0.4, 0.5) is 0 Å². The molecule has 25 heavy (non-hydrogen) atoms. The lowest BCUT2D eigenvalue weighted by molar-refractivity contribution is -0.131. The molecule has 1 fully saturated rings. The number of ether oxygens (including phenoxy) is 2. The predicted molar refractivity (Wildman–Crippen MR) is 102 cm³/mol. The van der Waals surface area contributed by atoms with Crippen LogP contribution in [0.1, 0.15) is 50.2 Å². The van der Waals surface area contributed by atoms with Crippen molar-refractivity contribution in [1.29, 1.82) is 0 Å². The lowest BCUT2D eigenvalue weighted by Crippen LogP contribution is -2.30. The van der Waals surface area contributed by atoms with Crippen molar-refractivity contribution in [1.82, 2.24) is 0 Å². The molecule has 0 N–H and O–H groups in total. The van der Waals surface area contributed by atoms with E-state index in [0.717, 1.165) is 18.6 Å². The summed E-state index contributed by atoms with van der Waals surface area (Å²) in [7, 11) is 1.69. The standard InChI is InChI=1S/C21H24O3.ClH/c1-16(22)24-20-12-8-18(9-13-20)21(14-4-3-5-15-21)17-6-10-19(23-2)11-7-17;/h6-13H,3-5,14-15H2,1-2H3;1H. The van der Waals surface area contributed by atoms with E-state index in [0.29, 0.717) is 5.75 Å². The normalized spacial score (nSPS) is 15.8. The molecule has 0 heterocycles. The summed E-state index contributed by atoms with van der Waals surface area (Å²) in [6.07, 6.45) is 6.05. The number of rotatable bonds is 4. The highest BCUT2D eigenvalue weighted by atomic mass is 35.5. The van der Waals surface area contributed by atoms with Gasteiger partial charge in [-0.1, -0.05) is 43.5 Å². The van der Waals surface area contributed by atoms with Crippen molar-refractivity contribution in [2.45, 2.75) is 44.4 Å². The lowest BCUT2D eigenvalue weighted by atomic mass is 9.65. The van der Waals surface area contributed by atoms with Gasteiger partial charge in [-0.25, -0.2) is 0 Å². The molecule has 1 aliphatic carbocycles. The Kier molecular flexibility index (Phi) is 6.49. The maximum absolute atomic E-state index is 11.1. The first kappa shape index (κ1) is 19.3. The largest absolute Gasteiger partial charge is 0.497 e. The molecule has 3 nitrogen and oxygen atoms in total. The van der Waals surface area contributed by atoms with Crippen molar-refractivity contribution < 1.29 is 14.3 Å². The number of benzene rings is 2. The van der Waals surface area contributed by atoms with Gasteiger partial charge in [0.2, 0.25) is 0 Å². The monoisotopic (exact) mass is 360 g/mol. The molecule has 0 radical (unpaired) electrons. The Labute approximate surface area is 155 Å². The van der Waals surface area contributed by atoms with Gasteiger partial charge in [0.25, 0.3) is 0 Å². The first-order valence-corrected chi connectivity index (χ1v) is 8.57. The van der Waals surface area contributed by atoms with Crippen LogP contribution in [-0.4, -0.2) is 13.1 Å². The number of hydrogen-bond acceptors (Lipinski definition) is 3. The van der Waals surface area contributed by atoms with Crippen LogP contribution in [0.5, 0.6) is 11.5 Å². The summed E-state index contributed by atoms with van der Waals surface area (Å²) < 4.78 is 10.5. The van der Waals surface area contributed by atoms with Crippen molar-refractivity contribution in [2.24, 2.45) is 0 Å². The highest BCUT2D eigenvalue weighted by molar-refractivity contribution is 5.85. The van der Waals surface area contributed by atoms with Crippen LogP contribution >= 0.6 is 12.4 Å². The second-order valence-electron chi connectivity index (χ2n) is 6.49. The van der Waals surface area contributed by atoms with Gasteiger partial charge < -0.3 is 9.47 Å². The molecule has 0 unspecified atom stereocenters. The quantitative estimate of drug-likeness (QED) is 0.548. The highest BCUT2D eigenvalue weighted by Crippen LogP contribution is 2.45. The summed E-state index contributed by atoms with van der Waals surface area (Å²) in [5.74, 6) is 1.20. The Morgan fingerprint density at radius 2 is 1.32 bits per heavy atom. The zero-order chi connectivity index (χ0) is 17.0. The van der Waals surface area contributed by atoms with Crippen LogP contribution in [0.15, 0.2) is 48.5 Å². The van der Waals surface area contributed by atoms with E-state index in [2.05, 4.69) is 24.3 Å². The number of hydrogen-bond donors (Lipinski definition) is 0. The van der Waals surface area contributed by atoms with E-state index in [1.807, 2.05) is 24.3 Å². The van der Waals surface area contributed by atoms with E-state index >= 15 is 0 Å². The summed E-state index contributed by atoms with van der Waals surface area (Å²) in [6, 6.07) is 16.5. The van der Waals surface area contributed by atoms with Gasteiger partial charge in [0.05, 0.1) is 7.11 Å². The Balaban J connectivity index is 0.00000225. The fourth-order valence-electron chi connectivity index (χ4n) is 3.82. The molecule has 1 saturated carbocycles. The molecule has 0 amide bonds. The van der Waals surface area contributed by atoms with Gasteiger partial charge in [0.1, 0.15) is 11.5 Å². The molecule has 2 aromatic carbocycles. The number of halogens is 1.